The van der Waals surface area contributed by atoms with Gasteiger partial charge in [0.15, 0.2) is 5.78 Å². The SMILES string of the molecule is CC(=O)c1ccc(N(C)CC(N)=O)cc1N. The van der Waals surface area contributed by atoms with Crippen LogP contribution in [0.15, 0.2) is 18.2 Å². The zero-order chi connectivity index (χ0) is 12.3. The van der Waals surface area contributed by atoms with Crippen molar-refractivity contribution in [2.24, 2.45) is 5.73 Å². The number of carbonyl (C=O) groups excluding carboxylic acids is 2. The second-order valence-corrected chi connectivity index (χ2v) is 3.65. The lowest BCUT2D eigenvalue weighted by atomic mass is 10.1. The average molecular weight is 221 g/mol. The highest BCUT2D eigenvalue weighted by molar-refractivity contribution is 5.99. The monoisotopic (exact) mass is 221 g/mol. The molecule has 5 heteroatoms. The van der Waals surface area contributed by atoms with Crippen LogP contribution < -0.4 is 16.4 Å². The molecule has 0 saturated heterocycles. The van der Waals surface area contributed by atoms with Gasteiger partial charge in [0.1, 0.15) is 0 Å². The van der Waals surface area contributed by atoms with Gasteiger partial charge < -0.3 is 16.4 Å². The number of anilines is 2. The van der Waals surface area contributed by atoms with Crippen LogP contribution in [0.5, 0.6) is 0 Å². The number of primary amides is 1. The molecule has 0 spiro atoms. The Balaban J connectivity index is 2.96. The molecule has 0 aliphatic heterocycles. The van der Waals surface area contributed by atoms with Crippen LogP contribution in [0, 0.1) is 0 Å². The van der Waals surface area contributed by atoms with E-state index in [2.05, 4.69) is 0 Å². The van der Waals surface area contributed by atoms with Crippen molar-refractivity contribution in [3.05, 3.63) is 23.8 Å². The molecular formula is C11H15N3O2. The average Bonchev–Trinajstić information content (AvgIpc) is 2.15. The number of carbonyl (C=O) groups is 2. The normalized spacial score (nSPS) is 9.88. The van der Waals surface area contributed by atoms with Crippen molar-refractivity contribution in [3.63, 3.8) is 0 Å². The molecule has 0 atom stereocenters. The number of benzene rings is 1. The molecule has 0 aromatic heterocycles. The minimum atomic E-state index is -0.420. The number of nitrogens with zero attached hydrogens (tertiary/aromatic N) is 1. The summed E-state index contributed by atoms with van der Waals surface area (Å²) in [6, 6.07) is 5.03. The first-order chi connectivity index (χ1) is 7.41. The van der Waals surface area contributed by atoms with Gasteiger partial charge in [-0.05, 0) is 25.1 Å². The highest BCUT2D eigenvalue weighted by atomic mass is 16.1. The quantitative estimate of drug-likeness (QED) is 0.568. The summed E-state index contributed by atoms with van der Waals surface area (Å²) in [6.07, 6.45) is 0. The second kappa shape index (κ2) is 4.65. The molecular weight excluding hydrogens is 206 g/mol. The van der Waals surface area contributed by atoms with Gasteiger partial charge in [0, 0.05) is 24.0 Å². The fourth-order valence-corrected chi connectivity index (χ4v) is 1.43. The minimum Gasteiger partial charge on any atom is -0.398 e. The summed E-state index contributed by atoms with van der Waals surface area (Å²) in [4.78, 5) is 23.6. The number of Topliss-reactive ketones (excluding diaryl/α,β-unsaturated/α-hetero) is 1. The van der Waals surface area contributed by atoms with Crippen molar-refractivity contribution >= 4 is 23.1 Å². The number of hydrogen-bond acceptors (Lipinski definition) is 4. The number of nitrogens with two attached hydrogens (primary N) is 2. The van der Waals surface area contributed by atoms with Gasteiger partial charge in [-0.15, -0.1) is 0 Å². The van der Waals surface area contributed by atoms with Crippen LogP contribution in [0.4, 0.5) is 11.4 Å². The zero-order valence-electron chi connectivity index (χ0n) is 9.36. The standard InChI is InChI=1S/C11H15N3O2/c1-7(15)9-4-3-8(5-10(9)12)14(2)6-11(13)16/h3-5H,6,12H2,1-2H3,(H2,13,16). The Bertz CT molecular complexity index is 429. The van der Waals surface area contributed by atoms with Crippen LogP contribution in [0.1, 0.15) is 17.3 Å². The molecule has 0 saturated carbocycles. The molecule has 1 rings (SSSR count). The third-order valence-electron chi connectivity index (χ3n) is 2.25. The number of hydrogen-bond donors (Lipinski definition) is 2. The number of ketones is 1. The summed E-state index contributed by atoms with van der Waals surface area (Å²) < 4.78 is 0. The lowest BCUT2D eigenvalue weighted by Crippen LogP contribution is -2.30. The highest BCUT2D eigenvalue weighted by Gasteiger charge is 2.08. The van der Waals surface area contributed by atoms with Crippen molar-refractivity contribution in [3.8, 4) is 0 Å². The smallest absolute Gasteiger partial charge is 0.236 e. The van der Waals surface area contributed by atoms with E-state index in [1.54, 1.807) is 30.1 Å². The maximum Gasteiger partial charge on any atom is 0.236 e. The molecule has 1 aromatic rings. The predicted molar refractivity (Wildman–Crippen MR) is 63.3 cm³/mol. The Morgan fingerprint density at radius 2 is 2.00 bits per heavy atom. The van der Waals surface area contributed by atoms with Crippen molar-refractivity contribution in [2.75, 3.05) is 24.2 Å². The summed E-state index contributed by atoms with van der Waals surface area (Å²) in [7, 11) is 1.73. The first kappa shape index (κ1) is 12.0. The number of nitrogen functional groups attached to an aromatic ring is 1. The van der Waals surface area contributed by atoms with E-state index in [1.807, 2.05) is 0 Å². The molecule has 5 nitrogen and oxygen atoms in total. The van der Waals surface area contributed by atoms with Crippen LogP contribution >= 0.6 is 0 Å². The lowest BCUT2D eigenvalue weighted by Gasteiger charge is -2.18. The van der Waals surface area contributed by atoms with Crippen molar-refractivity contribution < 1.29 is 9.59 Å². The van der Waals surface area contributed by atoms with Crippen molar-refractivity contribution in [1.29, 1.82) is 0 Å². The maximum absolute atomic E-state index is 11.2. The zero-order valence-corrected chi connectivity index (χ0v) is 9.36. The Morgan fingerprint density at radius 1 is 1.38 bits per heavy atom. The Hall–Kier alpha value is -2.04. The maximum atomic E-state index is 11.2. The van der Waals surface area contributed by atoms with E-state index in [0.29, 0.717) is 11.3 Å². The second-order valence-electron chi connectivity index (χ2n) is 3.65. The van der Waals surface area contributed by atoms with E-state index in [4.69, 9.17) is 11.5 Å². The molecule has 0 bridgehead atoms. The summed E-state index contributed by atoms with van der Waals surface area (Å²) in [5.41, 5.74) is 12.4. The lowest BCUT2D eigenvalue weighted by molar-refractivity contribution is -0.116. The molecule has 1 amide bonds. The number of rotatable bonds is 4. The summed E-state index contributed by atoms with van der Waals surface area (Å²) in [5, 5.41) is 0. The van der Waals surface area contributed by atoms with Gasteiger partial charge in [0.2, 0.25) is 5.91 Å². The van der Waals surface area contributed by atoms with E-state index in [-0.39, 0.29) is 12.3 Å². The van der Waals surface area contributed by atoms with Crippen molar-refractivity contribution in [2.45, 2.75) is 6.92 Å². The molecule has 0 heterocycles. The van der Waals surface area contributed by atoms with Gasteiger partial charge in [-0.2, -0.15) is 0 Å². The summed E-state index contributed by atoms with van der Waals surface area (Å²) in [5.74, 6) is -0.502. The van der Waals surface area contributed by atoms with Gasteiger partial charge in [0.25, 0.3) is 0 Å². The Morgan fingerprint density at radius 3 is 2.44 bits per heavy atom. The van der Waals surface area contributed by atoms with Crippen LogP contribution in [-0.4, -0.2) is 25.3 Å². The fourth-order valence-electron chi connectivity index (χ4n) is 1.43. The van der Waals surface area contributed by atoms with Gasteiger partial charge >= 0.3 is 0 Å². The fraction of sp³-hybridized carbons (Fsp3) is 0.273. The third kappa shape index (κ3) is 2.73. The topological polar surface area (TPSA) is 89.4 Å². The number of likely N-dealkylation sites (N-methyl/N-ethyl adjacent to an activating group) is 1. The molecule has 1 aromatic carbocycles. The first-order valence-electron chi connectivity index (χ1n) is 4.81. The molecule has 0 radical (unpaired) electrons. The molecule has 0 unspecified atom stereocenters. The van der Waals surface area contributed by atoms with Crippen LogP contribution in [0.25, 0.3) is 0 Å². The summed E-state index contributed by atoms with van der Waals surface area (Å²) in [6.45, 7) is 1.57. The highest BCUT2D eigenvalue weighted by Crippen LogP contribution is 2.20. The van der Waals surface area contributed by atoms with Gasteiger partial charge in [-0.25, -0.2) is 0 Å². The molecule has 16 heavy (non-hydrogen) atoms. The van der Waals surface area contributed by atoms with Gasteiger partial charge in [-0.3, -0.25) is 9.59 Å². The molecule has 86 valence electrons. The third-order valence-corrected chi connectivity index (χ3v) is 2.25. The van der Waals surface area contributed by atoms with Crippen LogP contribution in [0.2, 0.25) is 0 Å². The minimum absolute atomic E-state index is 0.0818. The van der Waals surface area contributed by atoms with Crippen molar-refractivity contribution in [1.82, 2.24) is 0 Å². The summed E-state index contributed by atoms with van der Waals surface area (Å²) >= 11 is 0. The first-order valence-corrected chi connectivity index (χ1v) is 4.81. The molecule has 0 aliphatic rings. The number of amides is 1. The van der Waals surface area contributed by atoms with E-state index < -0.39 is 5.91 Å². The van der Waals surface area contributed by atoms with Gasteiger partial charge in [0.05, 0.1) is 6.54 Å². The molecule has 0 aliphatic carbocycles. The van der Waals surface area contributed by atoms with Gasteiger partial charge in [-0.1, -0.05) is 0 Å². The van der Waals surface area contributed by atoms with E-state index >= 15 is 0 Å². The molecule has 4 N–H and O–H groups in total. The van der Waals surface area contributed by atoms with E-state index in [9.17, 15) is 9.59 Å². The largest absolute Gasteiger partial charge is 0.398 e. The van der Waals surface area contributed by atoms with E-state index in [1.165, 1.54) is 6.92 Å². The Labute approximate surface area is 94.0 Å². The van der Waals surface area contributed by atoms with E-state index in [0.717, 1.165) is 5.69 Å². The van der Waals surface area contributed by atoms with Crippen LogP contribution in [0.3, 0.4) is 0 Å². The Kier molecular flexibility index (Phi) is 3.50. The molecule has 0 fully saturated rings. The van der Waals surface area contributed by atoms with Crippen LogP contribution in [-0.2, 0) is 4.79 Å². The predicted octanol–water partition coefficient (Wildman–Crippen LogP) is 0.393.